The maximum atomic E-state index is 11.7. The van der Waals surface area contributed by atoms with E-state index in [1.54, 1.807) is 12.1 Å². The standard InChI is InChI=1S/C20H12O4S.Na/c21-25(22,23)18-11-17-20(15-8-4-3-7-14(15)18)19-13-6-2-1-5-12(13)9-10-16(19)24-17;/h1-11H,(H,21,22,23);/q;+1/p-1. The maximum Gasteiger partial charge on any atom is 1.00 e. The molecule has 1 heterocycles. The molecule has 0 atom stereocenters. The molecule has 0 saturated heterocycles. The van der Waals surface area contributed by atoms with Crippen LogP contribution in [-0.4, -0.2) is 13.0 Å². The van der Waals surface area contributed by atoms with E-state index in [0.717, 1.165) is 21.5 Å². The molecule has 0 aliphatic heterocycles. The molecular weight excluding hydrogens is 359 g/mol. The van der Waals surface area contributed by atoms with E-state index in [1.165, 1.54) is 6.07 Å². The summed E-state index contributed by atoms with van der Waals surface area (Å²) in [4.78, 5) is -0.251. The van der Waals surface area contributed by atoms with Crippen molar-refractivity contribution in [2.45, 2.75) is 4.90 Å². The zero-order valence-corrected chi connectivity index (χ0v) is 16.7. The number of benzene rings is 4. The summed E-state index contributed by atoms with van der Waals surface area (Å²) in [7, 11) is -4.61. The third kappa shape index (κ3) is 2.47. The molecule has 0 spiro atoms. The fraction of sp³-hybridized carbons (Fsp3) is 0. The van der Waals surface area contributed by atoms with E-state index in [9.17, 15) is 13.0 Å². The van der Waals surface area contributed by atoms with Crippen molar-refractivity contribution in [2.75, 3.05) is 0 Å². The summed E-state index contributed by atoms with van der Waals surface area (Å²) in [6.07, 6.45) is 0. The van der Waals surface area contributed by atoms with E-state index >= 15 is 0 Å². The van der Waals surface area contributed by atoms with Crippen molar-refractivity contribution in [2.24, 2.45) is 0 Å². The fourth-order valence-electron chi connectivity index (χ4n) is 3.58. The van der Waals surface area contributed by atoms with Gasteiger partial charge in [0.25, 0.3) is 0 Å². The number of fused-ring (bicyclic) bond motifs is 7. The molecular formula is C20H11NaO4S. The smallest absolute Gasteiger partial charge is 0.744 e. The van der Waals surface area contributed by atoms with Gasteiger partial charge in [0.2, 0.25) is 0 Å². The van der Waals surface area contributed by atoms with E-state index in [1.807, 2.05) is 48.5 Å². The Morgan fingerprint density at radius 2 is 1.35 bits per heavy atom. The van der Waals surface area contributed by atoms with E-state index in [0.29, 0.717) is 21.9 Å². The molecule has 1 aromatic heterocycles. The summed E-state index contributed by atoms with van der Waals surface area (Å²) in [6.45, 7) is 0. The van der Waals surface area contributed by atoms with Gasteiger partial charge in [-0.05, 0) is 28.3 Å². The minimum absolute atomic E-state index is 0. The van der Waals surface area contributed by atoms with Crippen LogP contribution in [0.2, 0.25) is 0 Å². The number of rotatable bonds is 1. The van der Waals surface area contributed by atoms with Gasteiger partial charge in [0, 0.05) is 16.2 Å². The Labute approximate surface area is 171 Å². The molecule has 4 nitrogen and oxygen atoms in total. The van der Waals surface area contributed by atoms with Crippen LogP contribution in [0.1, 0.15) is 0 Å². The van der Waals surface area contributed by atoms with Gasteiger partial charge in [0.05, 0.1) is 4.90 Å². The molecule has 0 radical (unpaired) electrons. The van der Waals surface area contributed by atoms with E-state index in [2.05, 4.69) is 0 Å². The summed E-state index contributed by atoms with van der Waals surface area (Å²) in [6, 6.07) is 20.2. The van der Waals surface area contributed by atoms with Crippen molar-refractivity contribution in [1.29, 1.82) is 0 Å². The van der Waals surface area contributed by atoms with Gasteiger partial charge in [0.15, 0.2) is 0 Å². The van der Waals surface area contributed by atoms with Gasteiger partial charge in [-0.15, -0.1) is 0 Å². The molecule has 0 bridgehead atoms. The first kappa shape index (κ1) is 17.5. The molecule has 0 N–H and O–H groups in total. The molecule has 26 heavy (non-hydrogen) atoms. The molecule has 4 aromatic carbocycles. The zero-order chi connectivity index (χ0) is 17.2. The molecule has 0 unspecified atom stereocenters. The molecule has 0 aliphatic rings. The van der Waals surface area contributed by atoms with Gasteiger partial charge in [0.1, 0.15) is 21.3 Å². The van der Waals surface area contributed by atoms with Gasteiger partial charge in [-0.25, -0.2) is 8.42 Å². The summed E-state index contributed by atoms with van der Waals surface area (Å²) in [5.41, 5.74) is 1.07. The molecule has 5 aromatic rings. The van der Waals surface area contributed by atoms with Crippen molar-refractivity contribution < 1.29 is 46.9 Å². The Bertz CT molecular complexity index is 1420. The topological polar surface area (TPSA) is 70.3 Å². The first-order valence-corrected chi connectivity index (χ1v) is 9.16. The van der Waals surface area contributed by atoms with Gasteiger partial charge < -0.3 is 8.97 Å². The number of hydrogen-bond donors (Lipinski definition) is 0. The van der Waals surface area contributed by atoms with Crippen LogP contribution < -0.4 is 29.6 Å². The van der Waals surface area contributed by atoms with E-state index in [4.69, 9.17) is 4.42 Å². The van der Waals surface area contributed by atoms with Crippen LogP contribution in [0.25, 0.3) is 43.5 Å². The van der Waals surface area contributed by atoms with E-state index in [-0.39, 0.29) is 34.5 Å². The van der Waals surface area contributed by atoms with Gasteiger partial charge >= 0.3 is 29.6 Å². The summed E-state index contributed by atoms with van der Waals surface area (Å²) < 4.78 is 41.1. The predicted octanol–water partition coefficient (Wildman–Crippen LogP) is 1.80. The van der Waals surface area contributed by atoms with Crippen LogP contribution in [-0.2, 0) is 10.1 Å². The molecule has 0 aliphatic carbocycles. The molecule has 122 valence electrons. The third-order valence-corrected chi connectivity index (χ3v) is 5.48. The van der Waals surface area contributed by atoms with Crippen molar-refractivity contribution in [1.82, 2.24) is 0 Å². The quantitative estimate of drug-likeness (QED) is 0.333. The zero-order valence-electron chi connectivity index (χ0n) is 13.9. The van der Waals surface area contributed by atoms with Crippen LogP contribution in [0.3, 0.4) is 0 Å². The Kier molecular flexibility index (Phi) is 4.10. The molecule has 0 saturated carbocycles. The third-order valence-electron chi connectivity index (χ3n) is 4.60. The SMILES string of the molecule is O=S(=O)([O-])c1cc2oc3ccc4ccccc4c3c2c2ccccc12.[Na+]. The van der Waals surface area contributed by atoms with Crippen molar-refractivity contribution in [3.05, 3.63) is 66.7 Å². The average Bonchev–Trinajstić information content (AvgIpc) is 2.99. The minimum atomic E-state index is -4.61. The van der Waals surface area contributed by atoms with Crippen molar-refractivity contribution in [3.63, 3.8) is 0 Å². The fourth-order valence-corrected chi connectivity index (χ4v) is 4.27. The minimum Gasteiger partial charge on any atom is -0.744 e. The van der Waals surface area contributed by atoms with Crippen LogP contribution in [0.5, 0.6) is 0 Å². The molecule has 0 amide bonds. The number of furan rings is 1. The van der Waals surface area contributed by atoms with E-state index < -0.39 is 10.1 Å². The van der Waals surface area contributed by atoms with Gasteiger partial charge in [-0.3, -0.25) is 0 Å². The Hall–Kier alpha value is -1.89. The summed E-state index contributed by atoms with van der Waals surface area (Å²) in [5, 5.41) is 4.98. The summed E-state index contributed by atoms with van der Waals surface area (Å²) >= 11 is 0. The van der Waals surface area contributed by atoms with Crippen LogP contribution in [0.15, 0.2) is 76.0 Å². The monoisotopic (exact) mass is 370 g/mol. The van der Waals surface area contributed by atoms with Crippen LogP contribution in [0.4, 0.5) is 0 Å². The largest absolute Gasteiger partial charge is 1.00 e. The Morgan fingerprint density at radius 1 is 0.731 bits per heavy atom. The van der Waals surface area contributed by atoms with Gasteiger partial charge in [-0.2, -0.15) is 0 Å². The summed E-state index contributed by atoms with van der Waals surface area (Å²) in [5.74, 6) is 0. The first-order valence-electron chi connectivity index (χ1n) is 7.76. The molecule has 0 fully saturated rings. The second-order valence-electron chi connectivity index (χ2n) is 6.01. The van der Waals surface area contributed by atoms with Crippen LogP contribution >= 0.6 is 0 Å². The normalized spacial score (nSPS) is 12.0. The maximum absolute atomic E-state index is 11.7. The van der Waals surface area contributed by atoms with Gasteiger partial charge in [-0.1, -0.05) is 54.6 Å². The van der Waals surface area contributed by atoms with Crippen LogP contribution in [0, 0.1) is 0 Å². The Morgan fingerprint density at radius 3 is 2.08 bits per heavy atom. The second-order valence-corrected chi connectivity index (χ2v) is 7.36. The average molecular weight is 370 g/mol. The second kappa shape index (κ2) is 6.08. The van der Waals surface area contributed by atoms with Crippen molar-refractivity contribution in [3.8, 4) is 0 Å². The molecule has 6 heteroatoms. The molecule has 5 rings (SSSR count). The predicted molar refractivity (Wildman–Crippen MR) is 96.7 cm³/mol. The Balaban J connectivity index is 0.00000168. The number of hydrogen-bond acceptors (Lipinski definition) is 4. The van der Waals surface area contributed by atoms with Crippen molar-refractivity contribution >= 4 is 53.6 Å². The first-order chi connectivity index (χ1) is 12.0.